The van der Waals surface area contributed by atoms with Crippen LogP contribution >= 0.6 is 22.7 Å². The standard InChI is InChI=1S/C14H19N3S2/c1-12(13-2-7-18-10-13)17-5-3-16(4-6-17)9-14-8-15-11-19-14/h2,7-8,10-12H,3-6,9H2,1H3. The molecular weight excluding hydrogens is 274 g/mol. The Hall–Kier alpha value is -0.750. The molecule has 1 aliphatic heterocycles. The summed E-state index contributed by atoms with van der Waals surface area (Å²) in [6, 6.07) is 2.80. The van der Waals surface area contributed by atoms with Crippen LogP contribution in [0.15, 0.2) is 28.5 Å². The number of nitrogens with zero attached hydrogens (tertiary/aromatic N) is 3. The maximum Gasteiger partial charge on any atom is 0.0794 e. The summed E-state index contributed by atoms with van der Waals surface area (Å²) in [5.74, 6) is 0. The predicted molar refractivity (Wildman–Crippen MR) is 81.7 cm³/mol. The van der Waals surface area contributed by atoms with Crippen LogP contribution in [0.25, 0.3) is 0 Å². The van der Waals surface area contributed by atoms with Gasteiger partial charge in [0.05, 0.1) is 5.51 Å². The molecule has 1 saturated heterocycles. The highest BCUT2D eigenvalue weighted by Gasteiger charge is 2.22. The van der Waals surface area contributed by atoms with Gasteiger partial charge >= 0.3 is 0 Å². The van der Waals surface area contributed by atoms with Gasteiger partial charge < -0.3 is 0 Å². The second-order valence-corrected chi connectivity index (χ2v) is 6.76. The first kappa shape index (κ1) is 13.2. The van der Waals surface area contributed by atoms with E-state index in [-0.39, 0.29) is 0 Å². The van der Waals surface area contributed by atoms with Crippen LogP contribution in [0.5, 0.6) is 0 Å². The van der Waals surface area contributed by atoms with E-state index in [2.05, 4.69) is 38.5 Å². The molecule has 1 unspecified atom stereocenters. The molecule has 0 aliphatic carbocycles. The third-order valence-corrected chi connectivity index (χ3v) is 5.31. The van der Waals surface area contributed by atoms with Gasteiger partial charge in [-0.05, 0) is 29.3 Å². The third kappa shape index (κ3) is 3.23. The van der Waals surface area contributed by atoms with E-state index in [4.69, 9.17) is 0 Å². The first-order valence-corrected chi connectivity index (χ1v) is 8.51. The van der Waals surface area contributed by atoms with Gasteiger partial charge in [0, 0.05) is 49.8 Å². The Balaban J connectivity index is 1.52. The Bertz CT molecular complexity index is 473. The lowest BCUT2D eigenvalue weighted by Gasteiger charge is -2.37. The smallest absolute Gasteiger partial charge is 0.0794 e. The summed E-state index contributed by atoms with van der Waals surface area (Å²) in [4.78, 5) is 10.6. The monoisotopic (exact) mass is 293 g/mol. The molecule has 3 heterocycles. The number of thiophene rings is 1. The van der Waals surface area contributed by atoms with Gasteiger partial charge in [0.1, 0.15) is 0 Å². The van der Waals surface area contributed by atoms with E-state index in [0.29, 0.717) is 6.04 Å². The number of piperazine rings is 1. The molecule has 1 fully saturated rings. The molecule has 19 heavy (non-hydrogen) atoms. The van der Waals surface area contributed by atoms with Crippen molar-refractivity contribution >= 4 is 22.7 Å². The molecular formula is C14H19N3S2. The van der Waals surface area contributed by atoms with Crippen LogP contribution in [-0.4, -0.2) is 41.0 Å². The Morgan fingerprint density at radius 3 is 2.79 bits per heavy atom. The molecule has 102 valence electrons. The second-order valence-electron chi connectivity index (χ2n) is 5.01. The highest BCUT2D eigenvalue weighted by molar-refractivity contribution is 7.09. The molecule has 0 N–H and O–H groups in total. The van der Waals surface area contributed by atoms with Crippen molar-refractivity contribution in [1.29, 1.82) is 0 Å². The van der Waals surface area contributed by atoms with Crippen LogP contribution in [0, 0.1) is 0 Å². The zero-order chi connectivity index (χ0) is 13.1. The molecule has 1 atom stereocenters. The number of hydrogen-bond donors (Lipinski definition) is 0. The van der Waals surface area contributed by atoms with Gasteiger partial charge in [-0.25, -0.2) is 0 Å². The van der Waals surface area contributed by atoms with Gasteiger partial charge in [-0.3, -0.25) is 14.8 Å². The van der Waals surface area contributed by atoms with Crippen LogP contribution in [0.2, 0.25) is 0 Å². The lowest BCUT2D eigenvalue weighted by atomic mass is 10.1. The molecule has 1 aliphatic rings. The van der Waals surface area contributed by atoms with E-state index < -0.39 is 0 Å². The van der Waals surface area contributed by atoms with Crippen molar-refractivity contribution in [2.24, 2.45) is 0 Å². The van der Waals surface area contributed by atoms with Crippen LogP contribution in [-0.2, 0) is 6.54 Å². The molecule has 0 radical (unpaired) electrons. The summed E-state index contributed by atoms with van der Waals surface area (Å²) in [5, 5.41) is 4.44. The molecule has 0 spiro atoms. The van der Waals surface area contributed by atoms with Gasteiger partial charge in [0.15, 0.2) is 0 Å². The minimum atomic E-state index is 0.553. The highest BCUT2D eigenvalue weighted by atomic mass is 32.1. The topological polar surface area (TPSA) is 19.4 Å². The Morgan fingerprint density at radius 1 is 1.32 bits per heavy atom. The third-order valence-electron chi connectivity index (χ3n) is 3.84. The van der Waals surface area contributed by atoms with Gasteiger partial charge in [0.2, 0.25) is 0 Å². The summed E-state index contributed by atoms with van der Waals surface area (Å²) >= 11 is 3.55. The van der Waals surface area contributed by atoms with Crippen LogP contribution in [0.4, 0.5) is 0 Å². The molecule has 0 aromatic carbocycles. The van der Waals surface area contributed by atoms with Gasteiger partial charge in [-0.1, -0.05) is 0 Å². The van der Waals surface area contributed by atoms with Gasteiger partial charge in [-0.2, -0.15) is 11.3 Å². The average molecular weight is 293 g/mol. The zero-order valence-corrected chi connectivity index (χ0v) is 12.8. The van der Waals surface area contributed by atoms with E-state index in [0.717, 1.165) is 32.7 Å². The largest absolute Gasteiger partial charge is 0.296 e. The van der Waals surface area contributed by atoms with Crippen LogP contribution in [0.3, 0.4) is 0 Å². The molecule has 5 heteroatoms. The van der Waals surface area contributed by atoms with Crippen LogP contribution in [0.1, 0.15) is 23.4 Å². The van der Waals surface area contributed by atoms with Gasteiger partial charge in [0.25, 0.3) is 0 Å². The zero-order valence-electron chi connectivity index (χ0n) is 11.2. The van der Waals surface area contributed by atoms with Crippen molar-refractivity contribution < 1.29 is 0 Å². The molecule has 0 amide bonds. The lowest BCUT2D eigenvalue weighted by Crippen LogP contribution is -2.46. The average Bonchev–Trinajstić information content (AvgIpc) is 3.12. The molecule has 0 saturated carbocycles. The summed E-state index contributed by atoms with van der Waals surface area (Å²) in [7, 11) is 0. The van der Waals surface area contributed by atoms with E-state index in [9.17, 15) is 0 Å². The summed E-state index contributed by atoms with van der Waals surface area (Å²) in [5.41, 5.74) is 3.38. The van der Waals surface area contributed by atoms with E-state index in [1.807, 2.05) is 11.7 Å². The van der Waals surface area contributed by atoms with Crippen molar-refractivity contribution in [1.82, 2.24) is 14.8 Å². The van der Waals surface area contributed by atoms with E-state index >= 15 is 0 Å². The Morgan fingerprint density at radius 2 is 2.16 bits per heavy atom. The minimum Gasteiger partial charge on any atom is -0.296 e. The predicted octanol–water partition coefficient (Wildman–Crippen LogP) is 3.08. The molecule has 2 aromatic heterocycles. The van der Waals surface area contributed by atoms with E-state index in [1.165, 1.54) is 10.4 Å². The first-order valence-electron chi connectivity index (χ1n) is 6.69. The number of hydrogen-bond acceptors (Lipinski definition) is 5. The summed E-state index contributed by atoms with van der Waals surface area (Å²) < 4.78 is 0. The molecule has 3 nitrogen and oxygen atoms in total. The molecule has 2 aromatic rings. The van der Waals surface area contributed by atoms with Crippen molar-refractivity contribution in [2.45, 2.75) is 19.5 Å². The summed E-state index contributed by atoms with van der Waals surface area (Å²) in [6.45, 7) is 8.02. The normalized spacial score (nSPS) is 19.6. The lowest BCUT2D eigenvalue weighted by molar-refractivity contribution is 0.0986. The molecule has 3 rings (SSSR count). The highest BCUT2D eigenvalue weighted by Crippen LogP contribution is 2.24. The minimum absolute atomic E-state index is 0.553. The fourth-order valence-corrected chi connectivity index (χ4v) is 3.96. The Labute approximate surface area is 122 Å². The fraction of sp³-hybridized carbons (Fsp3) is 0.500. The maximum absolute atomic E-state index is 4.15. The fourth-order valence-electron chi connectivity index (χ4n) is 2.57. The summed E-state index contributed by atoms with van der Waals surface area (Å²) in [6.07, 6.45) is 1.99. The second kappa shape index (κ2) is 6.13. The maximum atomic E-state index is 4.15. The van der Waals surface area contributed by atoms with Gasteiger partial charge in [-0.15, -0.1) is 11.3 Å². The van der Waals surface area contributed by atoms with E-state index in [1.54, 1.807) is 22.7 Å². The number of rotatable bonds is 4. The SMILES string of the molecule is CC(c1ccsc1)N1CCN(Cc2cncs2)CC1. The number of thiazole rings is 1. The van der Waals surface area contributed by atoms with Crippen molar-refractivity contribution in [2.75, 3.05) is 26.2 Å². The quantitative estimate of drug-likeness (QED) is 0.863. The van der Waals surface area contributed by atoms with Crippen molar-refractivity contribution in [3.63, 3.8) is 0 Å². The molecule has 0 bridgehead atoms. The Kier molecular flexibility index (Phi) is 4.28. The van der Waals surface area contributed by atoms with Crippen molar-refractivity contribution in [3.05, 3.63) is 39.0 Å². The number of aromatic nitrogens is 1. The van der Waals surface area contributed by atoms with Crippen LogP contribution < -0.4 is 0 Å². The van der Waals surface area contributed by atoms with Crippen molar-refractivity contribution in [3.8, 4) is 0 Å². The first-order chi connectivity index (χ1) is 9.33.